The summed E-state index contributed by atoms with van der Waals surface area (Å²) in [6.07, 6.45) is 1.09. The Kier molecular flexibility index (Phi) is 4.19. The van der Waals surface area contributed by atoms with Crippen molar-refractivity contribution >= 4 is 5.69 Å². The van der Waals surface area contributed by atoms with Crippen LogP contribution in [0.15, 0.2) is 24.3 Å². The van der Waals surface area contributed by atoms with Crippen LogP contribution >= 0.6 is 0 Å². The van der Waals surface area contributed by atoms with E-state index >= 15 is 0 Å². The van der Waals surface area contributed by atoms with Crippen LogP contribution in [0.4, 0.5) is 5.69 Å². The number of anilines is 1. The molecule has 1 aliphatic rings. The minimum atomic E-state index is 0.839. The van der Waals surface area contributed by atoms with E-state index in [-0.39, 0.29) is 0 Å². The van der Waals surface area contributed by atoms with Gasteiger partial charge < -0.3 is 15.0 Å². The Bertz CT molecular complexity index is 327. The second-order valence-corrected chi connectivity index (χ2v) is 4.14. The zero-order valence-electron chi connectivity index (χ0n) is 9.91. The lowest BCUT2D eigenvalue weighted by molar-refractivity contribution is 0.196. The van der Waals surface area contributed by atoms with Gasteiger partial charge in [-0.05, 0) is 18.1 Å². The molecular weight excluding hydrogens is 200 g/mol. The van der Waals surface area contributed by atoms with Gasteiger partial charge in [-0.25, -0.2) is 0 Å². The molecule has 1 aromatic rings. The summed E-state index contributed by atoms with van der Waals surface area (Å²) in [5, 5.41) is 3.45. The van der Waals surface area contributed by atoms with Crippen molar-refractivity contribution in [2.45, 2.75) is 13.0 Å². The summed E-state index contributed by atoms with van der Waals surface area (Å²) >= 11 is 0. The number of hydrogen-bond donors (Lipinski definition) is 1. The average molecular weight is 220 g/mol. The van der Waals surface area contributed by atoms with Crippen LogP contribution in [0.2, 0.25) is 0 Å². The smallest absolute Gasteiger partial charge is 0.0479 e. The second kappa shape index (κ2) is 5.87. The number of fused-ring (bicyclic) bond motifs is 1. The largest absolute Gasteiger partial charge is 0.385 e. The van der Waals surface area contributed by atoms with Crippen LogP contribution in [-0.2, 0) is 11.3 Å². The van der Waals surface area contributed by atoms with Gasteiger partial charge in [0.05, 0.1) is 0 Å². The lowest BCUT2D eigenvalue weighted by atomic mass is 10.1. The van der Waals surface area contributed by atoms with E-state index in [0.29, 0.717) is 0 Å². The van der Waals surface area contributed by atoms with Crippen molar-refractivity contribution in [3.05, 3.63) is 29.8 Å². The number of methoxy groups -OCH3 is 1. The maximum Gasteiger partial charge on any atom is 0.0479 e. The van der Waals surface area contributed by atoms with Gasteiger partial charge in [0.15, 0.2) is 0 Å². The third-order valence-corrected chi connectivity index (χ3v) is 2.98. The summed E-state index contributed by atoms with van der Waals surface area (Å²) in [6.45, 7) is 5.04. The SMILES string of the molecule is COCCCN1CCNCc2ccccc21. The Morgan fingerprint density at radius 1 is 1.38 bits per heavy atom. The van der Waals surface area contributed by atoms with E-state index in [9.17, 15) is 0 Å². The maximum absolute atomic E-state index is 5.11. The minimum Gasteiger partial charge on any atom is -0.385 e. The van der Waals surface area contributed by atoms with E-state index in [4.69, 9.17) is 4.74 Å². The van der Waals surface area contributed by atoms with Crippen molar-refractivity contribution in [3.8, 4) is 0 Å². The summed E-state index contributed by atoms with van der Waals surface area (Å²) in [4.78, 5) is 2.45. The molecule has 1 N–H and O–H groups in total. The van der Waals surface area contributed by atoms with E-state index < -0.39 is 0 Å². The van der Waals surface area contributed by atoms with Crippen LogP contribution in [0.3, 0.4) is 0 Å². The number of nitrogens with one attached hydrogen (secondary N) is 1. The molecule has 88 valence electrons. The Balaban J connectivity index is 2.06. The second-order valence-electron chi connectivity index (χ2n) is 4.14. The highest BCUT2D eigenvalue weighted by atomic mass is 16.5. The summed E-state index contributed by atoms with van der Waals surface area (Å²) in [5.41, 5.74) is 2.78. The predicted molar refractivity (Wildman–Crippen MR) is 66.9 cm³/mol. The molecule has 0 aliphatic carbocycles. The molecule has 0 amide bonds. The first-order valence-corrected chi connectivity index (χ1v) is 5.94. The highest BCUT2D eigenvalue weighted by molar-refractivity contribution is 5.54. The normalized spacial score (nSPS) is 15.7. The van der Waals surface area contributed by atoms with E-state index in [2.05, 4.69) is 34.5 Å². The number of para-hydroxylation sites is 1. The van der Waals surface area contributed by atoms with Gasteiger partial charge in [-0.2, -0.15) is 0 Å². The lowest BCUT2D eigenvalue weighted by Gasteiger charge is -2.24. The Morgan fingerprint density at radius 2 is 2.25 bits per heavy atom. The van der Waals surface area contributed by atoms with Crippen LogP contribution in [0, 0.1) is 0 Å². The monoisotopic (exact) mass is 220 g/mol. The summed E-state index contributed by atoms with van der Waals surface area (Å²) in [6, 6.07) is 8.65. The first kappa shape index (κ1) is 11.4. The fourth-order valence-corrected chi connectivity index (χ4v) is 2.16. The van der Waals surface area contributed by atoms with Crippen LogP contribution < -0.4 is 10.2 Å². The van der Waals surface area contributed by atoms with Crippen LogP contribution in [0.25, 0.3) is 0 Å². The Labute approximate surface area is 97.4 Å². The van der Waals surface area contributed by atoms with Crippen LogP contribution in [0.1, 0.15) is 12.0 Å². The summed E-state index contributed by atoms with van der Waals surface area (Å²) in [5.74, 6) is 0. The van der Waals surface area contributed by atoms with Gasteiger partial charge in [-0.1, -0.05) is 18.2 Å². The third-order valence-electron chi connectivity index (χ3n) is 2.98. The van der Waals surface area contributed by atoms with E-state index in [1.54, 1.807) is 7.11 Å². The molecule has 1 heterocycles. The molecule has 0 fully saturated rings. The number of nitrogens with zero attached hydrogens (tertiary/aromatic N) is 1. The molecule has 2 rings (SSSR count). The van der Waals surface area contributed by atoms with Crippen molar-refractivity contribution in [3.63, 3.8) is 0 Å². The van der Waals surface area contributed by atoms with Gasteiger partial charge in [-0.15, -0.1) is 0 Å². The van der Waals surface area contributed by atoms with Gasteiger partial charge in [0.2, 0.25) is 0 Å². The van der Waals surface area contributed by atoms with Crippen molar-refractivity contribution < 1.29 is 4.74 Å². The summed E-state index contributed by atoms with van der Waals surface area (Å²) < 4.78 is 5.11. The molecule has 1 aliphatic heterocycles. The number of ether oxygens (including phenoxy) is 1. The minimum absolute atomic E-state index is 0.839. The van der Waals surface area contributed by atoms with Gasteiger partial charge >= 0.3 is 0 Å². The fourth-order valence-electron chi connectivity index (χ4n) is 2.16. The molecule has 0 aromatic heterocycles. The molecule has 16 heavy (non-hydrogen) atoms. The summed E-state index contributed by atoms with van der Waals surface area (Å²) in [7, 11) is 1.76. The van der Waals surface area contributed by atoms with Crippen LogP contribution in [-0.4, -0.2) is 33.4 Å². The fraction of sp³-hybridized carbons (Fsp3) is 0.538. The Hall–Kier alpha value is -1.06. The molecule has 0 saturated carbocycles. The molecule has 0 spiro atoms. The molecule has 3 heteroatoms. The number of benzene rings is 1. The van der Waals surface area contributed by atoms with Gasteiger partial charge in [0.1, 0.15) is 0 Å². The van der Waals surface area contributed by atoms with Crippen molar-refractivity contribution in [2.75, 3.05) is 38.3 Å². The molecular formula is C13H20N2O. The molecule has 1 aromatic carbocycles. The predicted octanol–water partition coefficient (Wildman–Crippen LogP) is 1.63. The number of hydrogen-bond acceptors (Lipinski definition) is 3. The lowest BCUT2D eigenvalue weighted by Crippen LogP contribution is -2.30. The van der Waals surface area contributed by atoms with E-state index in [0.717, 1.165) is 39.2 Å². The average Bonchev–Trinajstić information content (AvgIpc) is 2.52. The Morgan fingerprint density at radius 3 is 3.12 bits per heavy atom. The maximum atomic E-state index is 5.11. The standard InChI is InChI=1S/C13H20N2O/c1-16-10-4-8-15-9-7-14-11-12-5-2-3-6-13(12)15/h2-3,5-6,14H,4,7-11H2,1H3. The third kappa shape index (κ3) is 2.74. The van der Waals surface area contributed by atoms with Crippen molar-refractivity contribution in [1.29, 1.82) is 0 Å². The van der Waals surface area contributed by atoms with Gasteiger partial charge in [-0.3, -0.25) is 0 Å². The quantitative estimate of drug-likeness (QED) is 0.781. The molecule has 0 bridgehead atoms. The molecule has 0 saturated heterocycles. The topological polar surface area (TPSA) is 24.5 Å². The first-order valence-electron chi connectivity index (χ1n) is 5.94. The first-order chi connectivity index (χ1) is 7.92. The highest BCUT2D eigenvalue weighted by Crippen LogP contribution is 2.21. The van der Waals surface area contributed by atoms with Crippen molar-refractivity contribution in [2.24, 2.45) is 0 Å². The zero-order valence-corrected chi connectivity index (χ0v) is 9.91. The van der Waals surface area contributed by atoms with Crippen LogP contribution in [0.5, 0.6) is 0 Å². The molecule has 3 nitrogen and oxygen atoms in total. The highest BCUT2D eigenvalue weighted by Gasteiger charge is 2.13. The van der Waals surface area contributed by atoms with E-state index in [1.165, 1.54) is 11.3 Å². The molecule has 0 atom stereocenters. The van der Waals surface area contributed by atoms with E-state index in [1.807, 2.05) is 0 Å². The van der Waals surface area contributed by atoms with Gasteiger partial charge in [0, 0.05) is 45.6 Å². The molecule has 0 unspecified atom stereocenters. The van der Waals surface area contributed by atoms with Crippen molar-refractivity contribution in [1.82, 2.24) is 5.32 Å². The zero-order chi connectivity index (χ0) is 11.2. The van der Waals surface area contributed by atoms with Gasteiger partial charge in [0.25, 0.3) is 0 Å². The molecule has 0 radical (unpaired) electrons. The number of rotatable bonds is 4.